The number of morpholine rings is 1. The monoisotopic (exact) mass is 522 g/mol. The van der Waals surface area contributed by atoms with Crippen molar-refractivity contribution in [2.45, 2.75) is 25.5 Å². The van der Waals surface area contributed by atoms with Crippen molar-refractivity contribution in [2.75, 3.05) is 65.5 Å². The fraction of sp³-hybridized carbons (Fsp3) is 0.481. The Morgan fingerprint density at radius 3 is 2.97 bits per heavy atom. The van der Waals surface area contributed by atoms with Crippen LogP contribution < -0.4 is 20.4 Å². The van der Waals surface area contributed by atoms with E-state index in [1.54, 1.807) is 32.5 Å². The molecule has 0 aliphatic carbocycles. The van der Waals surface area contributed by atoms with Crippen molar-refractivity contribution in [1.29, 1.82) is 0 Å². The number of amides is 1. The number of carbonyl (C=O) groups is 1. The first-order valence-electron chi connectivity index (χ1n) is 13.0. The van der Waals surface area contributed by atoms with Crippen LogP contribution in [0, 0.1) is 0 Å². The molecule has 2 aliphatic rings. The number of benzene rings is 1. The van der Waals surface area contributed by atoms with E-state index in [2.05, 4.69) is 20.2 Å². The van der Waals surface area contributed by atoms with Crippen LogP contribution >= 0.6 is 0 Å². The number of hydrogen-bond acceptors (Lipinski definition) is 9. The van der Waals surface area contributed by atoms with Gasteiger partial charge in [-0.25, -0.2) is 4.98 Å². The van der Waals surface area contributed by atoms with Crippen molar-refractivity contribution < 1.29 is 23.7 Å². The summed E-state index contributed by atoms with van der Waals surface area (Å²) >= 11 is 0. The summed E-state index contributed by atoms with van der Waals surface area (Å²) < 4.78 is 25.0. The molecule has 0 spiro atoms. The molecule has 1 amide bonds. The van der Waals surface area contributed by atoms with Gasteiger partial charge in [0.05, 0.1) is 38.6 Å². The number of ether oxygens (including phenoxy) is 4. The first kappa shape index (κ1) is 26.1. The van der Waals surface area contributed by atoms with Crippen molar-refractivity contribution in [1.82, 2.24) is 19.4 Å². The highest BCUT2D eigenvalue weighted by atomic mass is 16.5. The summed E-state index contributed by atoms with van der Waals surface area (Å²) in [5.41, 5.74) is 1.31. The van der Waals surface area contributed by atoms with Crippen molar-refractivity contribution in [2.24, 2.45) is 4.99 Å². The molecule has 0 bridgehead atoms. The molecule has 3 aromatic rings. The second-order valence-electron chi connectivity index (χ2n) is 9.27. The lowest BCUT2D eigenvalue weighted by molar-refractivity contribution is -0.0391. The van der Waals surface area contributed by atoms with Crippen LogP contribution in [-0.4, -0.2) is 91.7 Å². The number of methoxy groups -OCH3 is 2. The van der Waals surface area contributed by atoms with E-state index in [1.165, 1.54) is 6.20 Å². The summed E-state index contributed by atoms with van der Waals surface area (Å²) in [6, 6.07) is 7.27. The van der Waals surface area contributed by atoms with Crippen LogP contribution in [0.1, 0.15) is 23.2 Å². The Hall–Kier alpha value is -3.54. The molecule has 1 saturated heterocycles. The minimum Gasteiger partial charge on any atom is -0.491 e. The zero-order chi connectivity index (χ0) is 26.3. The smallest absolute Gasteiger partial charge is 0.281 e. The SMILES string of the molecule is COCCN1CCOC(CCCOc2ccc3c4n(c(=NC(=O)c5cccnc5)nc3c2OC)CCN4)C1. The summed E-state index contributed by atoms with van der Waals surface area (Å²) in [4.78, 5) is 28.3. The molecule has 202 valence electrons. The maximum Gasteiger partial charge on any atom is 0.281 e. The Kier molecular flexibility index (Phi) is 8.47. The van der Waals surface area contributed by atoms with Crippen LogP contribution in [0.5, 0.6) is 11.5 Å². The molecule has 0 radical (unpaired) electrons. The summed E-state index contributed by atoms with van der Waals surface area (Å²) in [6.45, 7) is 6.15. The number of carbonyl (C=O) groups excluding carboxylic acids is 1. The maximum absolute atomic E-state index is 12.8. The Morgan fingerprint density at radius 2 is 2.16 bits per heavy atom. The van der Waals surface area contributed by atoms with E-state index < -0.39 is 5.91 Å². The van der Waals surface area contributed by atoms with E-state index >= 15 is 0 Å². The summed E-state index contributed by atoms with van der Waals surface area (Å²) in [5.74, 6) is 1.57. The average Bonchev–Trinajstić information content (AvgIpc) is 3.45. The highest BCUT2D eigenvalue weighted by Gasteiger charge is 2.22. The third-order valence-corrected chi connectivity index (χ3v) is 6.78. The van der Waals surface area contributed by atoms with E-state index in [4.69, 9.17) is 23.9 Å². The Morgan fingerprint density at radius 1 is 1.24 bits per heavy atom. The number of fused-ring (bicyclic) bond motifs is 3. The summed E-state index contributed by atoms with van der Waals surface area (Å²) in [5, 5.41) is 4.27. The van der Waals surface area contributed by atoms with Crippen molar-refractivity contribution in [3.05, 3.63) is 47.8 Å². The number of nitrogens with one attached hydrogen (secondary N) is 1. The van der Waals surface area contributed by atoms with Gasteiger partial charge in [-0.1, -0.05) is 0 Å². The number of nitrogens with zero attached hydrogens (tertiary/aromatic N) is 5. The topological polar surface area (TPSA) is 112 Å². The zero-order valence-electron chi connectivity index (χ0n) is 21.9. The molecule has 2 aromatic heterocycles. The van der Waals surface area contributed by atoms with E-state index in [-0.39, 0.29) is 6.10 Å². The molecule has 11 nitrogen and oxygen atoms in total. The van der Waals surface area contributed by atoms with Crippen LogP contribution in [0.15, 0.2) is 41.7 Å². The molecule has 1 unspecified atom stereocenters. The van der Waals surface area contributed by atoms with E-state index in [9.17, 15) is 4.79 Å². The number of pyridine rings is 1. The molecule has 1 fully saturated rings. The third kappa shape index (κ3) is 5.79. The highest BCUT2D eigenvalue weighted by Crippen LogP contribution is 2.37. The lowest BCUT2D eigenvalue weighted by Crippen LogP contribution is -2.43. The molecule has 5 rings (SSSR count). The number of hydrogen-bond donors (Lipinski definition) is 1. The van der Waals surface area contributed by atoms with E-state index in [0.29, 0.717) is 41.3 Å². The molecule has 0 saturated carbocycles. The molecular formula is C27H34N6O5. The van der Waals surface area contributed by atoms with Gasteiger partial charge in [0.15, 0.2) is 11.5 Å². The van der Waals surface area contributed by atoms with Gasteiger partial charge in [0.1, 0.15) is 11.3 Å². The van der Waals surface area contributed by atoms with Crippen LogP contribution in [0.25, 0.3) is 10.9 Å². The Labute approximate surface area is 221 Å². The second-order valence-corrected chi connectivity index (χ2v) is 9.27. The van der Waals surface area contributed by atoms with Crippen molar-refractivity contribution in [3.8, 4) is 11.5 Å². The quantitative estimate of drug-likeness (QED) is 0.400. The van der Waals surface area contributed by atoms with Gasteiger partial charge in [-0.05, 0) is 37.1 Å². The number of aromatic nitrogens is 3. The van der Waals surface area contributed by atoms with Gasteiger partial charge in [0.2, 0.25) is 5.62 Å². The van der Waals surface area contributed by atoms with E-state index in [1.807, 2.05) is 16.7 Å². The maximum atomic E-state index is 12.8. The molecule has 4 heterocycles. The Balaban J connectivity index is 1.33. The molecule has 1 atom stereocenters. The fourth-order valence-electron chi connectivity index (χ4n) is 4.86. The second kappa shape index (κ2) is 12.3. The van der Waals surface area contributed by atoms with Gasteiger partial charge in [-0.3, -0.25) is 19.2 Å². The average molecular weight is 523 g/mol. The van der Waals surface area contributed by atoms with Crippen molar-refractivity contribution in [3.63, 3.8) is 0 Å². The predicted octanol–water partition coefficient (Wildman–Crippen LogP) is 2.11. The normalized spacial score (nSPS) is 17.8. The molecule has 1 N–H and O–H groups in total. The van der Waals surface area contributed by atoms with Gasteiger partial charge in [0, 0.05) is 57.6 Å². The third-order valence-electron chi connectivity index (χ3n) is 6.78. The minimum absolute atomic E-state index is 0.191. The summed E-state index contributed by atoms with van der Waals surface area (Å²) in [7, 11) is 3.32. The van der Waals surface area contributed by atoms with Crippen LogP contribution in [-0.2, 0) is 16.0 Å². The summed E-state index contributed by atoms with van der Waals surface area (Å²) in [6.07, 6.45) is 5.06. The first-order chi connectivity index (χ1) is 18.7. The predicted molar refractivity (Wildman–Crippen MR) is 142 cm³/mol. The lowest BCUT2D eigenvalue weighted by Gasteiger charge is -2.32. The highest BCUT2D eigenvalue weighted by molar-refractivity contribution is 5.96. The molecule has 38 heavy (non-hydrogen) atoms. The fourth-order valence-corrected chi connectivity index (χ4v) is 4.86. The van der Waals surface area contributed by atoms with Gasteiger partial charge >= 0.3 is 0 Å². The van der Waals surface area contributed by atoms with Gasteiger partial charge in [-0.2, -0.15) is 4.99 Å². The van der Waals surface area contributed by atoms with Gasteiger partial charge < -0.3 is 24.3 Å². The lowest BCUT2D eigenvalue weighted by atomic mass is 10.1. The minimum atomic E-state index is -0.399. The van der Waals surface area contributed by atoms with E-state index in [0.717, 1.165) is 63.4 Å². The largest absolute Gasteiger partial charge is 0.491 e. The molecule has 2 aliphatic heterocycles. The van der Waals surface area contributed by atoms with Crippen LogP contribution in [0.3, 0.4) is 0 Å². The number of rotatable bonds is 10. The molecule has 11 heteroatoms. The first-order valence-corrected chi connectivity index (χ1v) is 13.0. The van der Waals surface area contributed by atoms with Crippen molar-refractivity contribution >= 4 is 22.6 Å². The van der Waals surface area contributed by atoms with Crippen LogP contribution in [0.4, 0.5) is 5.82 Å². The Bertz CT molecular complexity index is 1330. The standard InChI is InChI=1S/C27H34N6O5/c1-35-15-12-32-13-16-37-20(18-32)6-4-14-38-22-8-7-21-23(24(22)36-2)30-27(33-11-10-29-25(21)33)31-26(34)19-5-3-9-28-17-19/h3,5,7-9,17,20,29H,4,6,10-16,18H2,1-2H3. The number of anilines is 1. The molecular weight excluding hydrogens is 488 g/mol. The zero-order valence-corrected chi connectivity index (χ0v) is 21.9. The van der Waals surface area contributed by atoms with Gasteiger partial charge in [0.25, 0.3) is 5.91 Å². The molecule has 1 aromatic carbocycles. The van der Waals surface area contributed by atoms with Crippen LogP contribution in [0.2, 0.25) is 0 Å². The van der Waals surface area contributed by atoms with Gasteiger partial charge in [-0.15, -0.1) is 0 Å².